The largest absolute Gasteiger partial charge is 0.496 e. The van der Waals surface area contributed by atoms with Crippen molar-refractivity contribution >= 4 is 16.9 Å². The summed E-state index contributed by atoms with van der Waals surface area (Å²) in [6.45, 7) is 2.02. The van der Waals surface area contributed by atoms with E-state index in [0.717, 1.165) is 24.0 Å². The Morgan fingerprint density at radius 3 is 2.50 bits per heavy atom. The van der Waals surface area contributed by atoms with Crippen LogP contribution in [0.1, 0.15) is 39.9 Å². The molecule has 1 amide bonds. The van der Waals surface area contributed by atoms with Crippen molar-refractivity contribution in [3.63, 3.8) is 0 Å². The number of nitrogens with zero attached hydrogens (tertiary/aromatic N) is 2. The van der Waals surface area contributed by atoms with Crippen LogP contribution in [0.2, 0.25) is 0 Å². The molecule has 6 rings (SSSR count). The summed E-state index contributed by atoms with van der Waals surface area (Å²) in [7, 11) is 3.03. The number of methoxy groups -OCH3 is 1. The molecule has 1 aliphatic carbocycles. The maximum Gasteiger partial charge on any atom is 0.255 e. The highest BCUT2D eigenvalue weighted by atomic mass is 19.1. The van der Waals surface area contributed by atoms with Crippen molar-refractivity contribution in [2.45, 2.75) is 31.9 Å². The summed E-state index contributed by atoms with van der Waals surface area (Å²) in [5.74, 6) is -0.803. The molecule has 0 unspecified atom stereocenters. The molecule has 0 saturated heterocycles. The lowest BCUT2D eigenvalue weighted by molar-refractivity contribution is -0.00619. The van der Waals surface area contributed by atoms with Gasteiger partial charge in [0.15, 0.2) is 0 Å². The van der Waals surface area contributed by atoms with Crippen LogP contribution < -0.4 is 15.5 Å². The van der Waals surface area contributed by atoms with Crippen LogP contribution in [0.25, 0.3) is 33.4 Å². The SMILES string of the molecule is CNC(=O)c1c(-c2ccc(F)cc2)oc2ccc(-c3cc(CONC4(c5ccnnc5)CC4)c(OC)cc3C)c(F)c12. The van der Waals surface area contributed by atoms with Crippen LogP contribution in [0.4, 0.5) is 8.78 Å². The Hall–Kier alpha value is -4.67. The van der Waals surface area contributed by atoms with Crippen LogP contribution in [0.15, 0.2) is 71.4 Å². The van der Waals surface area contributed by atoms with Gasteiger partial charge in [-0.25, -0.2) is 8.78 Å². The molecule has 214 valence electrons. The molecule has 10 heteroatoms. The van der Waals surface area contributed by atoms with Gasteiger partial charge in [-0.15, -0.1) is 0 Å². The second-order valence-electron chi connectivity index (χ2n) is 10.3. The average Bonchev–Trinajstić information content (AvgIpc) is 3.70. The number of fused-ring (bicyclic) bond motifs is 1. The van der Waals surface area contributed by atoms with Crippen LogP contribution in [-0.4, -0.2) is 30.3 Å². The summed E-state index contributed by atoms with van der Waals surface area (Å²) in [5.41, 5.74) is 6.92. The number of hydrogen-bond acceptors (Lipinski definition) is 7. The number of aryl methyl sites for hydroxylation is 1. The van der Waals surface area contributed by atoms with Crippen molar-refractivity contribution in [3.05, 3.63) is 101 Å². The number of carbonyl (C=O) groups is 1. The smallest absolute Gasteiger partial charge is 0.255 e. The highest BCUT2D eigenvalue weighted by Crippen LogP contribution is 2.45. The lowest BCUT2D eigenvalue weighted by Crippen LogP contribution is -2.29. The van der Waals surface area contributed by atoms with Crippen molar-refractivity contribution in [1.82, 2.24) is 21.0 Å². The van der Waals surface area contributed by atoms with Gasteiger partial charge in [-0.1, -0.05) is 0 Å². The minimum absolute atomic E-state index is 0.0395. The van der Waals surface area contributed by atoms with Crippen molar-refractivity contribution in [2.24, 2.45) is 0 Å². The Balaban J connectivity index is 1.38. The summed E-state index contributed by atoms with van der Waals surface area (Å²) >= 11 is 0. The Bertz CT molecular complexity index is 1780. The lowest BCUT2D eigenvalue weighted by Gasteiger charge is -2.19. The Labute approximate surface area is 240 Å². The number of rotatable bonds is 9. The average molecular weight is 571 g/mol. The quantitative estimate of drug-likeness (QED) is 0.203. The first kappa shape index (κ1) is 27.5. The van der Waals surface area contributed by atoms with Crippen molar-refractivity contribution in [3.8, 4) is 28.2 Å². The maximum absolute atomic E-state index is 16.4. The maximum atomic E-state index is 16.4. The summed E-state index contributed by atoms with van der Waals surface area (Å²) in [6, 6.07) is 14.3. The molecule has 0 bridgehead atoms. The normalized spacial score (nSPS) is 13.7. The molecule has 0 spiro atoms. The number of hydroxylamine groups is 1. The molecule has 0 aliphatic heterocycles. The van der Waals surface area contributed by atoms with Gasteiger partial charge in [0, 0.05) is 29.9 Å². The van der Waals surface area contributed by atoms with Crippen molar-refractivity contribution in [1.29, 1.82) is 0 Å². The van der Waals surface area contributed by atoms with E-state index in [1.54, 1.807) is 31.6 Å². The molecule has 5 aromatic rings. The second kappa shape index (κ2) is 11.0. The fourth-order valence-corrected chi connectivity index (χ4v) is 5.22. The molecule has 1 aliphatic rings. The first-order valence-corrected chi connectivity index (χ1v) is 13.4. The van der Waals surface area contributed by atoms with Gasteiger partial charge in [-0.05, 0) is 91.1 Å². The van der Waals surface area contributed by atoms with E-state index in [-0.39, 0.29) is 40.0 Å². The molecule has 1 fully saturated rings. The summed E-state index contributed by atoms with van der Waals surface area (Å²) in [5, 5.41) is 10.4. The second-order valence-corrected chi connectivity index (χ2v) is 10.3. The molecular weight excluding hydrogens is 542 g/mol. The first-order chi connectivity index (χ1) is 20.3. The molecule has 42 heavy (non-hydrogen) atoms. The molecule has 0 atom stereocenters. The van der Waals surface area contributed by atoms with Crippen LogP contribution in [0.5, 0.6) is 5.75 Å². The standard InChI is InChI=1S/C32H28F2N4O4/c1-18-14-26(40-3)20(17-41-38-32(11-12-32)21-10-13-36-37-16-21)15-24(18)23-8-9-25-27(29(23)34)28(31(39)35-2)30(42-25)19-4-6-22(33)7-5-19/h4-10,13-16,38H,11-12,17H2,1-3H3,(H,35,39). The van der Waals surface area contributed by atoms with E-state index in [1.165, 1.54) is 31.3 Å². The zero-order valence-electron chi connectivity index (χ0n) is 23.3. The van der Waals surface area contributed by atoms with Crippen LogP contribution in [-0.2, 0) is 17.0 Å². The predicted molar refractivity (Wildman–Crippen MR) is 153 cm³/mol. The number of carbonyl (C=O) groups excluding carboxylic acids is 1. The minimum Gasteiger partial charge on any atom is -0.496 e. The molecule has 2 heterocycles. The number of nitrogens with one attached hydrogen (secondary N) is 2. The van der Waals surface area contributed by atoms with Crippen molar-refractivity contribution < 1.29 is 27.6 Å². The van der Waals surface area contributed by atoms with Crippen molar-refractivity contribution in [2.75, 3.05) is 14.2 Å². The van der Waals surface area contributed by atoms with Crippen LogP contribution in [0, 0.1) is 18.6 Å². The number of ether oxygens (including phenoxy) is 1. The van der Waals surface area contributed by atoms with Gasteiger partial charge < -0.3 is 14.5 Å². The Morgan fingerprint density at radius 2 is 1.83 bits per heavy atom. The summed E-state index contributed by atoms with van der Waals surface area (Å²) < 4.78 is 41.6. The fraction of sp³-hybridized carbons (Fsp3) is 0.219. The van der Waals surface area contributed by atoms with Gasteiger partial charge in [0.2, 0.25) is 0 Å². The van der Waals surface area contributed by atoms with E-state index in [9.17, 15) is 9.18 Å². The van der Waals surface area contributed by atoms with Gasteiger partial charge in [0.25, 0.3) is 5.91 Å². The molecule has 0 radical (unpaired) electrons. The number of aromatic nitrogens is 2. The summed E-state index contributed by atoms with van der Waals surface area (Å²) in [6.07, 6.45) is 5.17. The van der Waals surface area contributed by atoms with Crippen LogP contribution in [0.3, 0.4) is 0 Å². The highest BCUT2D eigenvalue weighted by molar-refractivity contribution is 6.12. The topological polar surface area (TPSA) is 98.5 Å². The number of hydrogen-bond donors (Lipinski definition) is 2. The van der Waals surface area contributed by atoms with E-state index < -0.39 is 17.5 Å². The first-order valence-electron chi connectivity index (χ1n) is 13.4. The highest BCUT2D eigenvalue weighted by Gasteiger charge is 2.45. The lowest BCUT2D eigenvalue weighted by atomic mass is 9.94. The molecule has 2 aromatic heterocycles. The monoisotopic (exact) mass is 570 g/mol. The number of halogens is 2. The van der Waals surface area contributed by atoms with E-state index >= 15 is 4.39 Å². The van der Waals surface area contributed by atoms with E-state index in [4.69, 9.17) is 14.0 Å². The number of benzene rings is 3. The zero-order valence-corrected chi connectivity index (χ0v) is 23.3. The predicted octanol–water partition coefficient (Wildman–Crippen LogP) is 6.22. The third kappa shape index (κ3) is 4.88. The number of amides is 1. The van der Waals surface area contributed by atoms with E-state index in [2.05, 4.69) is 21.0 Å². The molecule has 1 saturated carbocycles. The van der Waals surface area contributed by atoms with Gasteiger partial charge in [-0.3, -0.25) is 9.63 Å². The van der Waals surface area contributed by atoms with Gasteiger partial charge in [0.05, 0.1) is 36.4 Å². The molecular formula is C32H28F2N4O4. The Kier molecular flexibility index (Phi) is 7.17. The van der Waals surface area contributed by atoms with Crippen LogP contribution >= 0.6 is 0 Å². The third-order valence-corrected chi connectivity index (χ3v) is 7.65. The van der Waals surface area contributed by atoms with Gasteiger partial charge in [0.1, 0.15) is 28.7 Å². The van der Waals surface area contributed by atoms with Gasteiger partial charge in [-0.2, -0.15) is 15.7 Å². The third-order valence-electron chi connectivity index (χ3n) is 7.65. The fourth-order valence-electron chi connectivity index (χ4n) is 5.22. The van der Waals surface area contributed by atoms with E-state index in [1.807, 2.05) is 25.1 Å². The molecule has 2 N–H and O–H groups in total. The summed E-state index contributed by atoms with van der Waals surface area (Å²) in [4.78, 5) is 18.9. The zero-order chi connectivity index (χ0) is 29.4. The molecule has 8 nitrogen and oxygen atoms in total. The number of furan rings is 1. The van der Waals surface area contributed by atoms with Gasteiger partial charge >= 0.3 is 0 Å². The molecule has 3 aromatic carbocycles. The Morgan fingerprint density at radius 1 is 1.05 bits per heavy atom. The minimum atomic E-state index is -0.608. The van der Waals surface area contributed by atoms with E-state index in [0.29, 0.717) is 22.4 Å².